The quantitative estimate of drug-likeness (QED) is 0.586. The lowest BCUT2D eigenvalue weighted by molar-refractivity contribution is 0.237. The van der Waals surface area contributed by atoms with Crippen LogP contribution >= 0.6 is 0 Å². The van der Waals surface area contributed by atoms with Gasteiger partial charge in [-0.15, -0.1) is 0 Å². The van der Waals surface area contributed by atoms with Crippen LogP contribution in [0.25, 0.3) is 11.3 Å². The van der Waals surface area contributed by atoms with Gasteiger partial charge >= 0.3 is 0 Å². The molecule has 30 heavy (non-hydrogen) atoms. The molecule has 4 heteroatoms. The molecule has 0 radical (unpaired) electrons. The topological polar surface area (TPSA) is 28.6 Å². The Morgan fingerprint density at radius 2 is 1.77 bits per heavy atom. The van der Waals surface area contributed by atoms with Crippen molar-refractivity contribution in [3.05, 3.63) is 42.0 Å². The summed E-state index contributed by atoms with van der Waals surface area (Å²) in [6.45, 7) is 13.3. The average Bonchev–Trinajstić information content (AvgIpc) is 3.37. The minimum Gasteiger partial charge on any atom is -0.492 e. The molecule has 0 saturated carbocycles. The van der Waals surface area contributed by atoms with E-state index in [2.05, 4.69) is 73.9 Å². The van der Waals surface area contributed by atoms with Crippen LogP contribution in [0.15, 0.2) is 36.4 Å². The number of pyridine rings is 1. The molecule has 0 bridgehead atoms. The number of aromatic nitrogens is 1. The number of benzene rings is 1. The summed E-state index contributed by atoms with van der Waals surface area (Å²) in [4.78, 5) is 10.1. The van der Waals surface area contributed by atoms with E-state index in [1.165, 1.54) is 49.9 Å². The summed E-state index contributed by atoms with van der Waals surface area (Å²) < 4.78 is 6.11. The van der Waals surface area contributed by atoms with Crippen molar-refractivity contribution in [2.24, 2.45) is 0 Å². The molecule has 2 aliphatic heterocycles. The molecule has 2 unspecified atom stereocenters. The molecule has 4 rings (SSSR count). The molecule has 2 atom stereocenters. The number of hydrogen-bond acceptors (Lipinski definition) is 4. The lowest BCUT2D eigenvalue weighted by Crippen LogP contribution is -2.33. The van der Waals surface area contributed by atoms with Gasteiger partial charge in [-0.25, -0.2) is 4.98 Å². The molecule has 2 aliphatic rings. The predicted molar refractivity (Wildman–Crippen MR) is 126 cm³/mol. The molecule has 0 N–H and O–H groups in total. The Balaban J connectivity index is 1.54. The molecule has 0 aliphatic carbocycles. The van der Waals surface area contributed by atoms with Crippen LogP contribution in [0.5, 0.6) is 5.75 Å². The third-order valence-corrected chi connectivity index (χ3v) is 6.75. The monoisotopic (exact) mass is 407 g/mol. The van der Waals surface area contributed by atoms with Crippen molar-refractivity contribution in [1.82, 2.24) is 9.88 Å². The first kappa shape index (κ1) is 21.2. The highest BCUT2D eigenvalue weighted by Crippen LogP contribution is 2.34. The Bertz CT molecular complexity index is 834. The van der Waals surface area contributed by atoms with E-state index in [4.69, 9.17) is 9.72 Å². The summed E-state index contributed by atoms with van der Waals surface area (Å²) in [5, 5.41) is 0. The summed E-state index contributed by atoms with van der Waals surface area (Å²) in [5.74, 6) is 2.49. The van der Waals surface area contributed by atoms with Crippen molar-refractivity contribution in [3.63, 3.8) is 0 Å². The maximum atomic E-state index is 6.11. The number of rotatable bonds is 7. The number of likely N-dealkylation sites (tertiary alicyclic amines) is 1. The summed E-state index contributed by atoms with van der Waals surface area (Å²) in [6.07, 6.45) is 5.14. The Morgan fingerprint density at radius 1 is 1.03 bits per heavy atom. The van der Waals surface area contributed by atoms with Crippen molar-refractivity contribution in [2.45, 2.75) is 71.4 Å². The van der Waals surface area contributed by atoms with E-state index in [-0.39, 0.29) is 0 Å². The Labute approximate surface area is 182 Å². The zero-order chi connectivity index (χ0) is 21.1. The lowest BCUT2D eigenvalue weighted by atomic mass is 9.94. The standard InChI is InChI=1S/C26H37N3O/c1-19(2)24-18-22(30-17-16-28-14-5-6-15-28)12-13-23(24)25-8-7-9-26(27-25)29-20(3)10-11-21(29)4/h7-9,12-13,18-21H,5-6,10-11,14-17H2,1-4H3. The molecular weight excluding hydrogens is 370 g/mol. The lowest BCUT2D eigenvalue weighted by Gasteiger charge is -2.28. The zero-order valence-electron chi connectivity index (χ0n) is 19.1. The summed E-state index contributed by atoms with van der Waals surface area (Å²) in [5.41, 5.74) is 3.59. The van der Waals surface area contributed by atoms with Crippen LogP contribution in [0, 0.1) is 0 Å². The molecule has 1 aromatic carbocycles. The van der Waals surface area contributed by atoms with E-state index < -0.39 is 0 Å². The first-order valence-corrected chi connectivity index (χ1v) is 11.8. The number of nitrogens with zero attached hydrogens (tertiary/aromatic N) is 3. The molecule has 0 amide bonds. The fourth-order valence-electron chi connectivity index (χ4n) is 5.00. The van der Waals surface area contributed by atoms with Gasteiger partial charge in [-0.2, -0.15) is 0 Å². The molecule has 162 valence electrons. The first-order valence-electron chi connectivity index (χ1n) is 11.8. The van der Waals surface area contributed by atoms with Crippen LogP contribution in [0.3, 0.4) is 0 Å². The maximum Gasteiger partial charge on any atom is 0.129 e. The van der Waals surface area contributed by atoms with Gasteiger partial charge in [0, 0.05) is 24.2 Å². The summed E-state index contributed by atoms with van der Waals surface area (Å²) in [6, 6.07) is 14.1. The van der Waals surface area contributed by atoms with Crippen LogP contribution in [0.1, 0.15) is 64.9 Å². The third-order valence-electron chi connectivity index (χ3n) is 6.75. The van der Waals surface area contributed by atoms with Gasteiger partial charge in [-0.3, -0.25) is 4.90 Å². The zero-order valence-corrected chi connectivity index (χ0v) is 19.1. The molecular formula is C26H37N3O. The van der Waals surface area contributed by atoms with Gasteiger partial charge in [0.15, 0.2) is 0 Å². The highest BCUT2D eigenvalue weighted by Gasteiger charge is 2.28. The predicted octanol–water partition coefficient (Wildman–Crippen LogP) is 5.72. The van der Waals surface area contributed by atoms with Gasteiger partial charge in [0.25, 0.3) is 0 Å². The largest absolute Gasteiger partial charge is 0.492 e. The van der Waals surface area contributed by atoms with Crippen LogP contribution in [-0.4, -0.2) is 48.2 Å². The maximum absolute atomic E-state index is 6.11. The summed E-state index contributed by atoms with van der Waals surface area (Å²) >= 11 is 0. The smallest absolute Gasteiger partial charge is 0.129 e. The van der Waals surface area contributed by atoms with Gasteiger partial charge in [0.2, 0.25) is 0 Å². The van der Waals surface area contributed by atoms with Crippen LogP contribution in [-0.2, 0) is 0 Å². The number of ether oxygens (including phenoxy) is 1. The van der Waals surface area contributed by atoms with Gasteiger partial charge < -0.3 is 9.64 Å². The van der Waals surface area contributed by atoms with Crippen molar-refractivity contribution >= 4 is 5.82 Å². The second-order valence-corrected chi connectivity index (χ2v) is 9.36. The fraction of sp³-hybridized carbons (Fsp3) is 0.577. The highest BCUT2D eigenvalue weighted by molar-refractivity contribution is 5.67. The Kier molecular flexibility index (Phi) is 6.62. The average molecular weight is 408 g/mol. The minimum atomic E-state index is 0.414. The third kappa shape index (κ3) is 4.64. The second-order valence-electron chi connectivity index (χ2n) is 9.36. The molecule has 4 nitrogen and oxygen atoms in total. The van der Waals surface area contributed by atoms with E-state index in [1.54, 1.807) is 0 Å². The Morgan fingerprint density at radius 3 is 2.47 bits per heavy atom. The SMILES string of the molecule is CC(C)c1cc(OCCN2CCCC2)ccc1-c1cccc(N2C(C)CCC2C)n1. The van der Waals surface area contributed by atoms with E-state index in [1.807, 2.05) is 0 Å². The van der Waals surface area contributed by atoms with Gasteiger partial charge in [0.1, 0.15) is 18.2 Å². The van der Waals surface area contributed by atoms with E-state index in [9.17, 15) is 0 Å². The normalized spacial score (nSPS) is 22.2. The van der Waals surface area contributed by atoms with Gasteiger partial charge in [-0.05, 0) is 94.4 Å². The van der Waals surface area contributed by atoms with E-state index in [0.29, 0.717) is 18.0 Å². The van der Waals surface area contributed by atoms with Crippen molar-refractivity contribution in [2.75, 3.05) is 31.1 Å². The molecule has 2 aromatic rings. The molecule has 2 saturated heterocycles. The van der Waals surface area contributed by atoms with E-state index in [0.717, 1.165) is 30.4 Å². The van der Waals surface area contributed by atoms with E-state index >= 15 is 0 Å². The van der Waals surface area contributed by atoms with Crippen molar-refractivity contribution < 1.29 is 4.74 Å². The van der Waals surface area contributed by atoms with Crippen LogP contribution in [0.2, 0.25) is 0 Å². The highest BCUT2D eigenvalue weighted by atomic mass is 16.5. The van der Waals surface area contributed by atoms with Gasteiger partial charge in [-0.1, -0.05) is 19.9 Å². The summed E-state index contributed by atoms with van der Waals surface area (Å²) in [7, 11) is 0. The first-order chi connectivity index (χ1) is 14.5. The molecule has 0 spiro atoms. The van der Waals surface area contributed by atoms with Crippen molar-refractivity contribution in [3.8, 4) is 17.0 Å². The molecule has 1 aromatic heterocycles. The minimum absolute atomic E-state index is 0.414. The number of anilines is 1. The van der Waals surface area contributed by atoms with Crippen LogP contribution in [0.4, 0.5) is 5.82 Å². The fourth-order valence-corrected chi connectivity index (χ4v) is 5.00. The van der Waals surface area contributed by atoms with Crippen LogP contribution < -0.4 is 9.64 Å². The van der Waals surface area contributed by atoms with Crippen molar-refractivity contribution in [1.29, 1.82) is 0 Å². The second kappa shape index (κ2) is 9.38. The number of hydrogen-bond donors (Lipinski definition) is 0. The molecule has 2 fully saturated rings. The Hall–Kier alpha value is -2.07. The molecule has 3 heterocycles. The van der Waals surface area contributed by atoms with Gasteiger partial charge in [0.05, 0.1) is 5.69 Å².